The van der Waals surface area contributed by atoms with Gasteiger partial charge >= 0.3 is 5.97 Å². The first-order valence-corrected chi connectivity index (χ1v) is 5.78. The molecule has 0 aliphatic carbocycles. The molecule has 3 nitrogen and oxygen atoms in total. The molecule has 0 aromatic heterocycles. The molecule has 0 unspecified atom stereocenters. The number of carbonyl (C=O) groups excluding carboxylic acids is 1. The van der Waals surface area contributed by atoms with Crippen LogP contribution in [0.15, 0.2) is 18.2 Å². The lowest BCUT2D eigenvalue weighted by Crippen LogP contribution is -2.21. The van der Waals surface area contributed by atoms with E-state index in [1.54, 1.807) is 13.8 Å². The summed E-state index contributed by atoms with van der Waals surface area (Å²) in [5.74, 6) is -1.87. The minimum Gasteiger partial charge on any atom is -0.481 e. The summed E-state index contributed by atoms with van der Waals surface area (Å²) < 4.78 is 13.1. The topological polar surface area (TPSA) is 54.4 Å². The summed E-state index contributed by atoms with van der Waals surface area (Å²) in [6.45, 7) is 3.36. The monoisotopic (exact) mass is 272 g/mol. The summed E-state index contributed by atoms with van der Waals surface area (Å²) in [6, 6.07) is 3.59. The Labute approximate surface area is 110 Å². The molecule has 0 spiro atoms. The molecule has 1 N–H and O–H groups in total. The molecule has 0 aliphatic heterocycles. The summed E-state index contributed by atoms with van der Waals surface area (Å²) in [5, 5.41) is 8.88. The fraction of sp³-hybridized carbons (Fsp3) is 0.385. The predicted molar refractivity (Wildman–Crippen MR) is 66.4 cm³/mol. The molecule has 0 saturated heterocycles. The van der Waals surface area contributed by atoms with Crippen LogP contribution in [0, 0.1) is 11.2 Å². The lowest BCUT2D eigenvalue weighted by atomic mass is 9.82. The zero-order valence-electron chi connectivity index (χ0n) is 10.2. The average Bonchev–Trinajstić information content (AvgIpc) is 2.12. The van der Waals surface area contributed by atoms with Crippen molar-refractivity contribution in [1.82, 2.24) is 0 Å². The van der Waals surface area contributed by atoms with E-state index in [0.717, 1.165) is 12.1 Å². The Hall–Kier alpha value is -1.42. The molecule has 0 heterocycles. The van der Waals surface area contributed by atoms with Crippen molar-refractivity contribution in [3.05, 3.63) is 34.6 Å². The second kappa shape index (κ2) is 5.48. The summed E-state index contributed by atoms with van der Waals surface area (Å²) in [4.78, 5) is 22.6. The van der Waals surface area contributed by atoms with Gasteiger partial charge in [0, 0.05) is 17.0 Å². The molecule has 0 radical (unpaired) electrons. The molecule has 0 fully saturated rings. The largest absolute Gasteiger partial charge is 0.481 e. The van der Waals surface area contributed by atoms with Crippen LogP contribution in [0.1, 0.15) is 37.0 Å². The van der Waals surface area contributed by atoms with E-state index < -0.39 is 17.2 Å². The number of carboxylic acid groups (broad SMARTS) is 1. The van der Waals surface area contributed by atoms with E-state index in [1.165, 1.54) is 6.07 Å². The van der Waals surface area contributed by atoms with Gasteiger partial charge in [0.2, 0.25) is 0 Å². The molecule has 1 aromatic carbocycles. The Kier molecular flexibility index (Phi) is 4.46. The smallest absolute Gasteiger partial charge is 0.303 e. The number of hydrogen-bond acceptors (Lipinski definition) is 2. The minimum absolute atomic E-state index is 0.0269. The van der Waals surface area contributed by atoms with Gasteiger partial charge in [0.15, 0.2) is 5.78 Å². The van der Waals surface area contributed by atoms with Gasteiger partial charge in [-0.15, -0.1) is 0 Å². The fourth-order valence-corrected chi connectivity index (χ4v) is 1.95. The number of benzene rings is 1. The molecule has 1 rings (SSSR count). The van der Waals surface area contributed by atoms with Crippen molar-refractivity contribution in [1.29, 1.82) is 0 Å². The number of Topliss-reactive ketones (excluding diaryl/α,β-unsaturated/α-hetero) is 1. The molecule has 0 aliphatic rings. The standard InChI is InChI=1S/C13H14ClFO3/c1-13(2,7-12(17)18)6-11(16)8-3-9(14)5-10(15)4-8/h3-5H,6-7H2,1-2H3,(H,17,18). The number of ketones is 1. The van der Waals surface area contributed by atoms with E-state index in [9.17, 15) is 14.0 Å². The number of carboxylic acids is 1. The highest BCUT2D eigenvalue weighted by atomic mass is 35.5. The number of aliphatic carboxylic acids is 1. The molecule has 0 amide bonds. The molecule has 0 atom stereocenters. The van der Waals surface area contributed by atoms with Gasteiger partial charge in [0.1, 0.15) is 5.82 Å². The van der Waals surface area contributed by atoms with Gasteiger partial charge in [-0.25, -0.2) is 4.39 Å². The van der Waals surface area contributed by atoms with Gasteiger partial charge < -0.3 is 5.11 Å². The molecule has 18 heavy (non-hydrogen) atoms. The van der Waals surface area contributed by atoms with E-state index in [-0.39, 0.29) is 29.2 Å². The molecule has 0 bridgehead atoms. The number of rotatable bonds is 5. The SMILES string of the molecule is CC(C)(CC(=O)O)CC(=O)c1cc(F)cc(Cl)c1. The van der Waals surface area contributed by atoms with Gasteiger partial charge in [0.25, 0.3) is 0 Å². The quantitative estimate of drug-likeness (QED) is 0.834. The van der Waals surface area contributed by atoms with Gasteiger partial charge in [-0.2, -0.15) is 0 Å². The van der Waals surface area contributed by atoms with Crippen molar-refractivity contribution in [3.8, 4) is 0 Å². The van der Waals surface area contributed by atoms with E-state index in [4.69, 9.17) is 16.7 Å². The Morgan fingerprint density at radius 1 is 1.28 bits per heavy atom. The molecule has 98 valence electrons. The van der Waals surface area contributed by atoms with Crippen LogP contribution in [0.5, 0.6) is 0 Å². The third-order valence-electron chi connectivity index (χ3n) is 2.45. The number of hydrogen-bond donors (Lipinski definition) is 1. The summed E-state index contributed by atoms with van der Waals surface area (Å²) >= 11 is 5.66. The van der Waals surface area contributed by atoms with E-state index in [2.05, 4.69) is 0 Å². The molecular weight excluding hydrogens is 259 g/mol. The van der Waals surface area contributed by atoms with Crippen LogP contribution in [0.2, 0.25) is 5.02 Å². The highest BCUT2D eigenvalue weighted by Crippen LogP contribution is 2.27. The van der Waals surface area contributed by atoms with Gasteiger partial charge in [-0.05, 0) is 23.6 Å². The van der Waals surface area contributed by atoms with Crippen LogP contribution in [0.25, 0.3) is 0 Å². The van der Waals surface area contributed by atoms with E-state index in [1.807, 2.05) is 0 Å². The Balaban J connectivity index is 2.85. The molecule has 5 heteroatoms. The molecule has 0 saturated carbocycles. The lowest BCUT2D eigenvalue weighted by molar-refractivity contribution is -0.139. The average molecular weight is 273 g/mol. The van der Waals surface area contributed by atoms with Crippen molar-refractivity contribution >= 4 is 23.4 Å². The maximum Gasteiger partial charge on any atom is 0.303 e. The van der Waals surface area contributed by atoms with E-state index in [0.29, 0.717) is 0 Å². The van der Waals surface area contributed by atoms with Crippen LogP contribution in [-0.2, 0) is 4.79 Å². The highest BCUT2D eigenvalue weighted by molar-refractivity contribution is 6.31. The van der Waals surface area contributed by atoms with Crippen LogP contribution >= 0.6 is 11.6 Å². The number of carbonyl (C=O) groups is 2. The molecule has 1 aromatic rings. The summed E-state index contributed by atoms with van der Waals surface area (Å²) in [5.41, 5.74) is -0.514. The highest BCUT2D eigenvalue weighted by Gasteiger charge is 2.26. The van der Waals surface area contributed by atoms with Crippen molar-refractivity contribution < 1.29 is 19.1 Å². The van der Waals surface area contributed by atoms with Crippen molar-refractivity contribution in [2.24, 2.45) is 5.41 Å². The van der Waals surface area contributed by atoms with Crippen molar-refractivity contribution in [2.75, 3.05) is 0 Å². The van der Waals surface area contributed by atoms with E-state index >= 15 is 0 Å². The molecular formula is C13H14ClFO3. The Bertz CT molecular complexity index is 463. The zero-order chi connectivity index (χ0) is 13.9. The Morgan fingerprint density at radius 3 is 2.39 bits per heavy atom. The zero-order valence-corrected chi connectivity index (χ0v) is 10.9. The third kappa shape index (κ3) is 4.45. The first-order valence-electron chi connectivity index (χ1n) is 5.41. The van der Waals surface area contributed by atoms with Crippen LogP contribution < -0.4 is 0 Å². The second-order valence-corrected chi connectivity index (χ2v) is 5.43. The van der Waals surface area contributed by atoms with Gasteiger partial charge in [-0.1, -0.05) is 25.4 Å². The van der Waals surface area contributed by atoms with Crippen LogP contribution in [-0.4, -0.2) is 16.9 Å². The first kappa shape index (κ1) is 14.6. The van der Waals surface area contributed by atoms with Crippen LogP contribution in [0.3, 0.4) is 0 Å². The van der Waals surface area contributed by atoms with Crippen molar-refractivity contribution in [2.45, 2.75) is 26.7 Å². The van der Waals surface area contributed by atoms with Crippen molar-refractivity contribution in [3.63, 3.8) is 0 Å². The Morgan fingerprint density at radius 2 is 1.89 bits per heavy atom. The second-order valence-electron chi connectivity index (χ2n) is 4.99. The number of halogens is 2. The maximum atomic E-state index is 13.1. The summed E-state index contributed by atoms with van der Waals surface area (Å²) in [7, 11) is 0. The third-order valence-corrected chi connectivity index (χ3v) is 2.67. The lowest BCUT2D eigenvalue weighted by Gasteiger charge is -2.21. The normalized spacial score (nSPS) is 11.3. The minimum atomic E-state index is -0.968. The predicted octanol–water partition coefficient (Wildman–Crippen LogP) is 3.55. The first-order chi connectivity index (χ1) is 8.19. The fourth-order valence-electron chi connectivity index (χ4n) is 1.72. The summed E-state index contributed by atoms with van der Waals surface area (Å²) in [6.07, 6.45) is -0.0964. The van der Waals surface area contributed by atoms with Gasteiger partial charge in [0.05, 0.1) is 6.42 Å². The van der Waals surface area contributed by atoms with Crippen LogP contribution in [0.4, 0.5) is 4.39 Å². The van der Waals surface area contributed by atoms with Gasteiger partial charge in [-0.3, -0.25) is 9.59 Å². The maximum absolute atomic E-state index is 13.1.